The van der Waals surface area contributed by atoms with Crippen LogP contribution in [0, 0.1) is 0 Å². The minimum Gasteiger partial charge on any atom is -0.508 e. The van der Waals surface area contributed by atoms with Crippen LogP contribution in [0.1, 0.15) is 25.3 Å². The van der Waals surface area contributed by atoms with Crippen molar-refractivity contribution in [3.8, 4) is 5.75 Å². The van der Waals surface area contributed by atoms with E-state index in [2.05, 4.69) is 28.2 Å². The maximum absolute atomic E-state index is 9.14. The maximum Gasteiger partial charge on any atom is 0.115 e. The number of aromatic hydroxyl groups is 1. The van der Waals surface area contributed by atoms with E-state index in [9.17, 15) is 0 Å². The second-order valence-corrected chi connectivity index (χ2v) is 4.42. The topological polar surface area (TPSA) is 32.3 Å². The van der Waals surface area contributed by atoms with Crippen LogP contribution < -0.4 is 5.32 Å². The second-order valence-electron chi connectivity index (χ2n) is 3.63. The number of benzene rings is 1. The van der Waals surface area contributed by atoms with Gasteiger partial charge in [0.25, 0.3) is 0 Å². The average molecular weight is 272 g/mol. The molecule has 0 amide bonds. The van der Waals surface area contributed by atoms with Crippen LogP contribution in [-0.4, -0.2) is 16.5 Å². The molecule has 0 heterocycles. The highest BCUT2D eigenvalue weighted by Gasteiger charge is 2.03. The van der Waals surface area contributed by atoms with Crippen molar-refractivity contribution < 1.29 is 5.11 Å². The molecule has 84 valence electrons. The van der Waals surface area contributed by atoms with Crippen LogP contribution in [-0.2, 0) is 6.54 Å². The van der Waals surface area contributed by atoms with E-state index in [-0.39, 0.29) is 0 Å². The van der Waals surface area contributed by atoms with Gasteiger partial charge in [-0.3, -0.25) is 0 Å². The Morgan fingerprint density at radius 1 is 1.33 bits per heavy atom. The minimum atomic E-state index is 0.325. The summed E-state index contributed by atoms with van der Waals surface area (Å²) in [6, 6.07) is 7.91. The molecule has 0 aliphatic carbocycles. The van der Waals surface area contributed by atoms with Crippen LogP contribution >= 0.6 is 15.9 Å². The van der Waals surface area contributed by atoms with Crippen molar-refractivity contribution in [3.63, 3.8) is 0 Å². The number of rotatable bonds is 6. The van der Waals surface area contributed by atoms with Gasteiger partial charge in [0.15, 0.2) is 0 Å². The van der Waals surface area contributed by atoms with Gasteiger partial charge in [0, 0.05) is 17.9 Å². The SMILES string of the molecule is CCC(CCBr)NCc1ccc(O)cc1. The van der Waals surface area contributed by atoms with E-state index in [0.717, 1.165) is 24.7 Å². The summed E-state index contributed by atoms with van der Waals surface area (Å²) < 4.78 is 0. The number of hydrogen-bond donors (Lipinski definition) is 2. The van der Waals surface area contributed by atoms with Gasteiger partial charge >= 0.3 is 0 Å². The van der Waals surface area contributed by atoms with Crippen molar-refractivity contribution in [2.45, 2.75) is 32.4 Å². The summed E-state index contributed by atoms with van der Waals surface area (Å²) in [4.78, 5) is 0. The van der Waals surface area contributed by atoms with E-state index in [1.165, 1.54) is 5.56 Å². The lowest BCUT2D eigenvalue weighted by molar-refractivity contribution is 0.473. The van der Waals surface area contributed by atoms with Gasteiger partial charge in [0.1, 0.15) is 5.75 Å². The van der Waals surface area contributed by atoms with Gasteiger partial charge in [0.05, 0.1) is 0 Å². The highest BCUT2D eigenvalue weighted by atomic mass is 79.9. The molecule has 0 saturated heterocycles. The van der Waals surface area contributed by atoms with Crippen LogP contribution in [0.15, 0.2) is 24.3 Å². The molecule has 1 unspecified atom stereocenters. The molecule has 1 aromatic rings. The van der Waals surface area contributed by atoms with E-state index < -0.39 is 0 Å². The van der Waals surface area contributed by atoms with Crippen LogP contribution in [0.3, 0.4) is 0 Å². The van der Waals surface area contributed by atoms with Gasteiger partial charge in [-0.25, -0.2) is 0 Å². The highest BCUT2D eigenvalue weighted by molar-refractivity contribution is 9.09. The molecule has 1 aromatic carbocycles. The molecule has 0 aromatic heterocycles. The number of alkyl halides is 1. The predicted molar refractivity (Wildman–Crippen MR) is 67.4 cm³/mol. The van der Waals surface area contributed by atoms with Gasteiger partial charge < -0.3 is 10.4 Å². The molecule has 3 heteroatoms. The number of phenols is 1. The summed E-state index contributed by atoms with van der Waals surface area (Å²) in [5, 5.41) is 13.7. The fraction of sp³-hybridized carbons (Fsp3) is 0.500. The number of hydrogen-bond acceptors (Lipinski definition) is 2. The second kappa shape index (κ2) is 6.85. The third-order valence-electron chi connectivity index (χ3n) is 2.48. The molecule has 0 bridgehead atoms. The first-order valence-corrected chi connectivity index (χ1v) is 6.45. The maximum atomic E-state index is 9.14. The molecular weight excluding hydrogens is 254 g/mol. The van der Waals surface area contributed by atoms with Gasteiger partial charge in [-0.05, 0) is 30.5 Å². The molecule has 1 atom stereocenters. The Balaban J connectivity index is 2.38. The van der Waals surface area contributed by atoms with Crippen LogP contribution in [0.5, 0.6) is 5.75 Å². The summed E-state index contributed by atoms with van der Waals surface area (Å²) >= 11 is 3.45. The first-order valence-electron chi connectivity index (χ1n) is 5.33. The Morgan fingerprint density at radius 2 is 2.00 bits per heavy atom. The minimum absolute atomic E-state index is 0.325. The molecule has 0 aliphatic rings. The summed E-state index contributed by atoms with van der Waals surface area (Å²) in [5.41, 5.74) is 1.21. The van der Waals surface area contributed by atoms with Crippen molar-refractivity contribution in [2.75, 3.05) is 5.33 Å². The molecule has 0 saturated carbocycles. The predicted octanol–water partition coefficient (Wildman–Crippen LogP) is 3.05. The monoisotopic (exact) mass is 271 g/mol. The zero-order valence-corrected chi connectivity index (χ0v) is 10.6. The van der Waals surface area contributed by atoms with Crippen LogP contribution in [0.4, 0.5) is 0 Å². The Labute approximate surface area is 99.8 Å². The smallest absolute Gasteiger partial charge is 0.115 e. The lowest BCUT2D eigenvalue weighted by atomic mass is 10.1. The fourth-order valence-corrected chi connectivity index (χ4v) is 2.01. The molecule has 1 rings (SSSR count). The van der Waals surface area contributed by atoms with Crippen molar-refractivity contribution in [1.82, 2.24) is 5.32 Å². The van der Waals surface area contributed by atoms with Crippen molar-refractivity contribution >= 4 is 15.9 Å². The first-order chi connectivity index (χ1) is 7.26. The van der Waals surface area contributed by atoms with Crippen LogP contribution in [0.25, 0.3) is 0 Å². The van der Waals surface area contributed by atoms with Crippen molar-refractivity contribution in [2.24, 2.45) is 0 Å². The van der Waals surface area contributed by atoms with Crippen LogP contribution in [0.2, 0.25) is 0 Å². The molecule has 0 fully saturated rings. The fourth-order valence-electron chi connectivity index (χ4n) is 1.46. The summed E-state index contributed by atoms with van der Waals surface area (Å²) in [5.74, 6) is 0.325. The van der Waals surface area contributed by atoms with Gasteiger partial charge in [-0.2, -0.15) is 0 Å². The number of phenolic OH excluding ortho intramolecular Hbond substituents is 1. The van der Waals surface area contributed by atoms with E-state index in [4.69, 9.17) is 5.11 Å². The lowest BCUT2D eigenvalue weighted by Gasteiger charge is -2.15. The van der Waals surface area contributed by atoms with E-state index in [1.807, 2.05) is 12.1 Å². The zero-order chi connectivity index (χ0) is 11.1. The quantitative estimate of drug-likeness (QED) is 0.780. The third-order valence-corrected chi connectivity index (χ3v) is 2.94. The van der Waals surface area contributed by atoms with E-state index >= 15 is 0 Å². The molecule has 15 heavy (non-hydrogen) atoms. The van der Waals surface area contributed by atoms with E-state index in [0.29, 0.717) is 11.8 Å². The molecule has 2 N–H and O–H groups in total. The Bertz CT molecular complexity index is 273. The Morgan fingerprint density at radius 3 is 2.53 bits per heavy atom. The summed E-state index contributed by atoms with van der Waals surface area (Å²) in [6.07, 6.45) is 2.29. The standard InChI is InChI=1S/C12H18BrNO/c1-2-11(7-8-13)14-9-10-3-5-12(15)6-4-10/h3-6,11,14-15H,2,7-9H2,1H3. The summed E-state index contributed by atoms with van der Waals surface area (Å²) in [6.45, 7) is 3.06. The first kappa shape index (κ1) is 12.5. The lowest BCUT2D eigenvalue weighted by Crippen LogP contribution is -2.28. The molecule has 0 radical (unpaired) electrons. The normalized spacial score (nSPS) is 12.7. The number of halogens is 1. The highest BCUT2D eigenvalue weighted by Crippen LogP contribution is 2.10. The molecule has 2 nitrogen and oxygen atoms in total. The number of nitrogens with one attached hydrogen (secondary N) is 1. The summed E-state index contributed by atoms with van der Waals surface area (Å²) in [7, 11) is 0. The Kier molecular flexibility index (Phi) is 5.73. The van der Waals surface area contributed by atoms with Gasteiger partial charge in [0.2, 0.25) is 0 Å². The van der Waals surface area contributed by atoms with Crippen molar-refractivity contribution in [1.29, 1.82) is 0 Å². The molecule has 0 spiro atoms. The van der Waals surface area contributed by atoms with E-state index in [1.54, 1.807) is 12.1 Å². The van der Waals surface area contributed by atoms with Crippen molar-refractivity contribution in [3.05, 3.63) is 29.8 Å². The van der Waals surface area contributed by atoms with Gasteiger partial charge in [-0.15, -0.1) is 0 Å². The largest absolute Gasteiger partial charge is 0.508 e. The zero-order valence-electron chi connectivity index (χ0n) is 9.04. The Hall–Kier alpha value is -0.540. The molecule has 0 aliphatic heterocycles. The average Bonchev–Trinajstić information content (AvgIpc) is 2.26. The van der Waals surface area contributed by atoms with Gasteiger partial charge in [-0.1, -0.05) is 35.0 Å². The molecular formula is C12H18BrNO. The third kappa shape index (κ3) is 4.67.